The zero-order chi connectivity index (χ0) is 18.8. The molecule has 0 bridgehead atoms. The number of aliphatic hydroxyl groups excluding tert-OH is 1. The van der Waals surface area contributed by atoms with E-state index in [4.69, 9.17) is 4.74 Å². The molecule has 142 valence electrons. The Hall–Kier alpha value is -2.15. The Labute approximate surface area is 153 Å². The van der Waals surface area contributed by atoms with Crippen LogP contribution in [0.2, 0.25) is 0 Å². The Morgan fingerprint density at radius 2 is 2.12 bits per heavy atom. The van der Waals surface area contributed by atoms with Crippen molar-refractivity contribution in [3.63, 3.8) is 0 Å². The minimum absolute atomic E-state index is 0.0110. The van der Waals surface area contributed by atoms with Crippen molar-refractivity contribution in [1.29, 1.82) is 0 Å². The summed E-state index contributed by atoms with van der Waals surface area (Å²) in [7, 11) is 1.52. The van der Waals surface area contributed by atoms with Gasteiger partial charge in [0, 0.05) is 18.2 Å². The van der Waals surface area contributed by atoms with E-state index in [9.17, 15) is 14.7 Å². The monoisotopic (exact) mass is 361 g/mol. The molecule has 1 saturated carbocycles. The molecule has 1 atom stereocenters. The fourth-order valence-corrected chi connectivity index (χ4v) is 3.67. The summed E-state index contributed by atoms with van der Waals surface area (Å²) in [6, 6.07) is 2.06. The van der Waals surface area contributed by atoms with E-state index < -0.39 is 12.0 Å². The quantitative estimate of drug-likeness (QED) is 0.803. The topological polar surface area (TPSA) is 91.8 Å². The summed E-state index contributed by atoms with van der Waals surface area (Å²) in [6.07, 6.45) is 3.36. The summed E-state index contributed by atoms with van der Waals surface area (Å²) >= 11 is 0. The van der Waals surface area contributed by atoms with Crippen molar-refractivity contribution in [2.75, 3.05) is 7.11 Å². The molecule has 0 spiro atoms. The number of aromatic nitrogens is 1. The number of aliphatic hydroxyl groups is 1. The number of carbonyl (C=O) groups is 2. The molecule has 1 aromatic rings. The first-order chi connectivity index (χ1) is 12.4. The van der Waals surface area contributed by atoms with Crippen molar-refractivity contribution in [3.05, 3.63) is 22.9 Å². The van der Waals surface area contributed by atoms with Crippen LogP contribution >= 0.6 is 0 Å². The maximum atomic E-state index is 12.8. The van der Waals surface area contributed by atoms with E-state index in [1.807, 2.05) is 4.90 Å². The number of nitrogens with one attached hydrogen (secondary N) is 1. The lowest BCUT2D eigenvalue weighted by molar-refractivity contribution is -0.131. The fraction of sp³-hybridized carbons (Fsp3) is 0.632. The summed E-state index contributed by atoms with van der Waals surface area (Å²) < 4.78 is 5.35. The average molecular weight is 361 g/mol. The molecule has 2 amide bonds. The standard InChI is InChI=1S/C19H27N3O4/c1-11(2)16(23)17(24)20-9-12-8-14-15(21-18(12)26-3)10-22(19(14)25)13-6-4-5-7-13/h8,11,13,16,23H,4-7,9-10H2,1-3H3,(H,20,24)/t16-/m0/s1. The largest absolute Gasteiger partial charge is 0.481 e. The first kappa shape index (κ1) is 18.6. The van der Waals surface area contributed by atoms with Crippen molar-refractivity contribution in [2.24, 2.45) is 5.92 Å². The molecule has 7 heteroatoms. The molecule has 0 aromatic carbocycles. The van der Waals surface area contributed by atoms with Gasteiger partial charge >= 0.3 is 0 Å². The summed E-state index contributed by atoms with van der Waals surface area (Å²) in [5.41, 5.74) is 1.96. The van der Waals surface area contributed by atoms with Crippen LogP contribution in [0.15, 0.2) is 6.07 Å². The van der Waals surface area contributed by atoms with Gasteiger partial charge in [-0.15, -0.1) is 0 Å². The lowest BCUT2D eigenvalue weighted by Crippen LogP contribution is -2.37. The molecule has 1 fully saturated rings. The van der Waals surface area contributed by atoms with Crippen molar-refractivity contribution >= 4 is 11.8 Å². The van der Waals surface area contributed by atoms with Gasteiger partial charge in [0.15, 0.2) is 0 Å². The van der Waals surface area contributed by atoms with Gasteiger partial charge in [-0.25, -0.2) is 4.98 Å². The molecule has 1 aromatic heterocycles. The van der Waals surface area contributed by atoms with E-state index in [-0.39, 0.29) is 18.4 Å². The molecule has 2 N–H and O–H groups in total. The van der Waals surface area contributed by atoms with Crippen molar-refractivity contribution in [3.8, 4) is 5.88 Å². The highest BCUT2D eigenvalue weighted by Gasteiger charge is 2.36. The van der Waals surface area contributed by atoms with Gasteiger partial charge in [-0.2, -0.15) is 0 Å². The van der Waals surface area contributed by atoms with E-state index in [2.05, 4.69) is 10.3 Å². The Kier molecular flexibility index (Phi) is 5.46. The van der Waals surface area contributed by atoms with Crippen LogP contribution in [0.25, 0.3) is 0 Å². The zero-order valence-electron chi connectivity index (χ0n) is 15.6. The molecule has 0 unspecified atom stereocenters. The molecule has 0 saturated heterocycles. The molecule has 0 radical (unpaired) electrons. The Morgan fingerprint density at radius 3 is 2.73 bits per heavy atom. The normalized spacial score (nSPS) is 18.3. The number of hydrogen-bond acceptors (Lipinski definition) is 5. The highest BCUT2D eigenvalue weighted by molar-refractivity contribution is 5.98. The molecule has 7 nitrogen and oxygen atoms in total. The van der Waals surface area contributed by atoms with Gasteiger partial charge in [-0.3, -0.25) is 9.59 Å². The number of nitrogens with zero attached hydrogens (tertiary/aromatic N) is 2. The molecule has 1 aliphatic heterocycles. The number of methoxy groups -OCH3 is 1. The SMILES string of the molecule is COc1nc2c(cc1CNC(=O)[C@@H](O)C(C)C)C(=O)N(C1CCCC1)C2. The van der Waals surface area contributed by atoms with Crippen LogP contribution in [0.5, 0.6) is 5.88 Å². The van der Waals surface area contributed by atoms with Crippen molar-refractivity contribution in [2.45, 2.75) is 64.8 Å². The highest BCUT2D eigenvalue weighted by Crippen LogP contribution is 2.33. The van der Waals surface area contributed by atoms with Crippen molar-refractivity contribution < 1.29 is 19.4 Å². The summed E-state index contributed by atoms with van der Waals surface area (Å²) in [5.74, 6) is -0.195. The average Bonchev–Trinajstić information content (AvgIpc) is 3.26. The molecule has 1 aliphatic carbocycles. The predicted octanol–water partition coefficient (Wildman–Crippen LogP) is 1.62. The Bertz CT molecular complexity index is 698. The summed E-state index contributed by atoms with van der Waals surface area (Å²) in [4.78, 5) is 31.2. The molecule has 3 rings (SSSR count). The Balaban J connectivity index is 1.77. The van der Waals surface area contributed by atoms with E-state index in [1.165, 1.54) is 7.11 Å². The minimum Gasteiger partial charge on any atom is -0.481 e. The summed E-state index contributed by atoms with van der Waals surface area (Å²) in [6.45, 7) is 4.23. The van der Waals surface area contributed by atoms with Crippen LogP contribution in [0.4, 0.5) is 0 Å². The number of fused-ring (bicyclic) bond motifs is 1. The van der Waals surface area contributed by atoms with Crippen LogP contribution in [0, 0.1) is 5.92 Å². The van der Waals surface area contributed by atoms with Crippen LogP contribution in [-0.2, 0) is 17.9 Å². The molecular formula is C19H27N3O4. The fourth-order valence-electron chi connectivity index (χ4n) is 3.67. The highest BCUT2D eigenvalue weighted by atomic mass is 16.5. The maximum Gasteiger partial charge on any atom is 0.256 e. The van der Waals surface area contributed by atoms with E-state index in [0.29, 0.717) is 29.6 Å². The van der Waals surface area contributed by atoms with Crippen molar-refractivity contribution in [1.82, 2.24) is 15.2 Å². The number of amides is 2. The third-order valence-electron chi connectivity index (χ3n) is 5.26. The Morgan fingerprint density at radius 1 is 1.42 bits per heavy atom. The number of ether oxygens (including phenoxy) is 1. The third-order valence-corrected chi connectivity index (χ3v) is 5.26. The number of hydrogen-bond donors (Lipinski definition) is 2. The second-order valence-electron chi connectivity index (χ2n) is 7.43. The zero-order valence-corrected chi connectivity index (χ0v) is 15.6. The van der Waals surface area contributed by atoms with Gasteiger partial charge in [0.2, 0.25) is 11.8 Å². The maximum absolute atomic E-state index is 12.8. The number of rotatable bonds is 6. The smallest absolute Gasteiger partial charge is 0.256 e. The summed E-state index contributed by atoms with van der Waals surface area (Å²) in [5, 5.41) is 12.5. The van der Waals surface area contributed by atoms with Gasteiger partial charge < -0.3 is 20.1 Å². The van der Waals surface area contributed by atoms with Crippen LogP contribution in [0.1, 0.15) is 61.1 Å². The first-order valence-electron chi connectivity index (χ1n) is 9.26. The van der Waals surface area contributed by atoms with E-state index in [0.717, 1.165) is 31.4 Å². The lowest BCUT2D eigenvalue weighted by Gasteiger charge is -2.22. The third kappa shape index (κ3) is 3.53. The van der Waals surface area contributed by atoms with Crippen LogP contribution < -0.4 is 10.1 Å². The molecule has 2 aliphatic rings. The minimum atomic E-state index is -1.07. The van der Waals surface area contributed by atoms with Gasteiger partial charge in [-0.1, -0.05) is 26.7 Å². The lowest BCUT2D eigenvalue weighted by atomic mass is 10.1. The second-order valence-corrected chi connectivity index (χ2v) is 7.43. The van der Waals surface area contributed by atoms with E-state index in [1.54, 1.807) is 19.9 Å². The van der Waals surface area contributed by atoms with Crippen LogP contribution in [-0.4, -0.2) is 46.1 Å². The van der Waals surface area contributed by atoms with Gasteiger partial charge in [0.25, 0.3) is 5.91 Å². The molecule has 2 heterocycles. The second kappa shape index (κ2) is 7.61. The van der Waals surface area contributed by atoms with Gasteiger partial charge in [0.05, 0.1) is 24.9 Å². The molecular weight excluding hydrogens is 334 g/mol. The number of carbonyl (C=O) groups excluding carboxylic acids is 2. The van der Waals surface area contributed by atoms with Gasteiger partial charge in [0.1, 0.15) is 6.10 Å². The number of pyridine rings is 1. The van der Waals surface area contributed by atoms with Crippen LogP contribution in [0.3, 0.4) is 0 Å². The molecule has 26 heavy (non-hydrogen) atoms. The predicted molar refractivity (Wildman–Crippen MR) is 95.6 cm³/mol. The van der Waals surface area contributed by atoms with Gasteiger partial charge in [-0.05, 0) is 24.8 Å². The first-order valence-corrected chi connectivity index (χ1v) is 9.26. The van der Waals surface area contributed by atoms with E-state index >= 15 is 0 Å².